The zero-order chi connectivity index (χ0) is 24.9. The lowest BCUT2D eigenvalue weighted by atomic mass is 10.0. The predicted octanol–water partition coefficient (Wildman–Crippen LogP) is 6.01. The van der Waals surface area contributed by atoms with E-state index in [1.807, 2.05) is 97.9 Å². The Morgan fingerprint density at radius 1 is 1.03 bits per heavy atom. The number of amides is 1. The summed E-state index contributed by atoms with van der Waals surface area (Å²) in [6, 6.07) is 29.1. The second kappa shape index (κ2) is 10.5. The summed E-state index contributed by atoms with van der Waals surface area (Å²) in [6.45, 7) is 2.41. The maximum Gasteiger partial charge on any atom is 0.311 e. The van der Waals surface area contributed by atoms with Crippen LogP contribution in [0.15, 0.2) is 101 Å². The van der Waals surface area contributed by atoms with E-state index in [2.05, 4.69) is 36.5 Å². The summed E-state index contributed by atoms with van der Waals surface area (Å²) < 4.78 is 8.32. The van der Waals surface area contributed by atoms with Crippen molar-refractivity contribution in [3.05, 3.63) is 107 Å². The molecule has 178 valence electrons. The third kappa shape index (κ3) is 4.76. The molecule has 0 radical (unpaired) electrons. The van der Waals surface area contributed by atoms with Gasteiger partial charge in [-0.25, -0.2) is 15.1 Å². The molecule has 36 heavy (non-hydrogen) atoms. The highest BCUT2D eigenvalue weighted by Gasteiger charge is 2.19. The van der Waals surface area contributed by atoms with Crippen molar-refractivity contribution in [2.45, 2.75) is 6.92 Å². The Morgan fingerprint density at radius 2 is 1.72 bits per heavy atom. The van der Waals surface area contributed by atoms with Crippen molar-refractivity contribution < 1.29 is 9.53 Å². The number of nitrogens with one attached hydrogen (secondary N) is 1. The number of hydrogen-bond acceptors (Lipinski definition) is 5. The highest BCUT2D eigenvalue weighted by molar-refractivity contribution is 9.10. The van der Waals surface area contributed by atoms with Gasteiger partial charge in [0.15, 0.2) is 5.82 Å². The van der Waals surface area contributed by atoms with Crippen LogP contribution in [0, 0.1) is 0 Å². The summed E-state index contributed by atoms with van der Waals surface area (Å²) >= 11 is 3.59. The van der Waals surface area contributed by atoms with Crippen LogP contribution in [-0.4, -0.2) is 33.5 Å². The Morgan fingerprint density at radius 3 is 2.47 bits per heavy atom. The first-order valence-electron chi connectivity index (χ1n) is 11.4. The fourth-order valence-electron chi connectivity index (χ4n) is 3.88. The number of hydrazone groups is 1. The van der Waals surface area contributed by atoms with E-state index in [1.165, 1.54) is 0 Å². The first-order valence-corrected chi connectivity index (χ1v) is 12.2. The Kier molecular flexibility index (Phi) is 6.86. The number of carbonyl (C=O) groups is 1. The van der Waals surface area contributed by atoms with Gasteiger partial charge >= 0.3 is 5.91 Å². The molecule has 0 atom stereocenters. The number of ether oxygens (including phenoxy) is 1. The van der Waals surface area contributed by atoms with E-state index in [-0.39, 0.29) is 5.82 Å². The first-order chi connectivity index (χ1) is 17.7. The van der Waals surface area contributed by atoms with Crippen molar-refractivity contribution in [2.75, 3.05) is 6.61 Å². The summed E-state index contributed by atoms with van der Waals surface area (Å²) in [5.74, 6) is 0.717. The molecule has 1 amide bonds. The van der Waals surface area contributed by atoms with E-state index in [1.54, 1.807) is 10.9 Å². The molecule has 8 heteroatoms. The fraction of sp³-hybridized carbons (Fsp3) is 0.0714. The SMILES string of the molecule is CCOc1c(Br)cc2ccccc2c1/C=N/NC(=O)c1nc(-c2ccccc2)n(-c2ccccc2)n1. The molecule has 5 rings (SSSR count). The lowest BCUT2D eigenvalue weighted by Crippen LogP contribution is -2.19. The smallest absolute Gasteiger partial charge is 0.311 e. The van der Waals surface area contributed by atoms with Gasteiger partial charge in [0.1, 0.15) is 5.75 Å². The monoisotopic (exact) mass is 539 g/mol. The number of carbonyl (C=O) groups excluding carboxylic acids is 1. The highest BCUT2D eigenvalue weighted by atomic mass is 79.9. The van der Waals surface area contributed by atoms with Gasteiger partial charge in [-0.05, 0) is 51.8 Å². The lowest BCUT2D eigenvalue weighted by molar-refractivity contribution is 0.0945. The van der Waals surface area contributed by atoms with Crippen LogP contribution in [0.5, 0.6) is 5.75 Å². The molecular weight excluding hydrogens is 518 g/mol. The molecule has 4 aromatic carbocycles. The van der Waals surface area contributed by atoms with Gasteiger partial charge in [0, 0.05) is 11.1 Å². The third-order valence-electron chi connectivity index (χ3n) is 5.49. The first kappa shape index (κ1) is 23.4. The number of hydrogen-bond donors (Lipinski definition) is 1. The van der Waals surface area contributed by atoms with Crippen LogP contribution >= 0.6 is 15.9 Å². The molecule has 0 fully saturated rings. The number of para-hydroxylation sites is 1. The van der Waals surface area contributed by atoms with Gasteiger partial charge in [-0.3, -0.25) is 4.79 Å². The molecule has 0 saturated carbocycles. The van der Waals surface area contributed by atoms with E-state index < -0.39 is 5.91 Å². The summed E-state index contributed by atoms with van der Waals surface area (Å²) in [5, 5.41) is 10.7. The third-order valence-corrected chi connectivity index (χ3v) is 6.08. The van der Waals surface area contributed by atoms with Crippen LogP contribution in [0.1, 0.15) is 23.1 Å². The molecule has 1 aromatic heterocycles. The van der Waals surface area contributed by atoms with Crippen molar-refractivity contribution in [1.82, 2.24) is 20.2 Å². The van der Waals surface area contributed by atoms with Gasteiger partial charge in [0.2, 0.25) is 5.82 Å². The van der Waals surface area contributed by atoms with Gasteiger partial charge in [0.05, 0.1) is 23.0 Å². The standard InChI is InChI=1S/C28H22BrN5O2/c1-2-36-25-23(22-16-10-9-13-20(22)17-24(25)29)18-30-32-28(35)26-31-27(19-11-5-3-6-12-19)34(33-26)21-14-7-4-8-15-21/h3-18H,2H2,1H3,(H,32,35)/b30-18+. The summed E-state index contributed by atoms with van der Waals surface area (Å²) in [6.07, 6.45) is 1.59. The summed E-state index contributed by atoms with van der Waals surface area (Å²) in [5.41, 5.74) is 4.97. The molecule has 0 aliphatic heterocycles. The van der Waals surface area contributed by atoms with Crippen molar-refractivity contribution in [3.8, 4) is 22.8 Å². The van der Waals surface area contributed by atoms with Crippen LogP contribution in [0.4, 0.5) is 0 Å². The van der Waals surface area contributed by atoms with Crippen LogP contribution in [0.3, 0.4) is 0 Å². The van der Waals surface area contributed by atoms with E-state index >= 15 is 0 Å². The normalized spacial score (nSPS) is 11.2. The van der Waals surface area contributed by atoms with Crippen LogP contribution < -0.4 is 10.2 Å². The van der Waals surface area contributed by atoms with Crippen molar-refractivity contribution in [2.24, 2.45) is 5.10 Å². The second-order valence-corrected chi connectivity index (χ2v) is 8.68. The van der Waals surface area contributed by atoms with Crippen LogP contribution in [0.25, 0.3) is 27.8 Å². The number of halogens is 1. The minimum Gasteiger partial charge on any atom is -0.492 e. The summed E-state index contributed by atoms with van der Waals surface area (Å²) in [7, 11) is 0. The minimum atomic E-state index is -0.518. The molecule has 1 heterocycles. The Hall–Kier alpha value is -4.30. The number of aromatic nitrogens is 3. The Bertz CT molecular complexity index is 1490. The molecule has 0 saturated heterocycles. The van der Waals surface area contributed by atoms with E-state index in [4.69, 9.17) is 4.74 Å². The molecule has 0 spiro atoms. The van der Waals surface area contributed by atoms with Crippen molar-refractivity contribution in [3.63, 3.8) is 0 Å². The largest absolute Gasteiger partial charge is 0.492 e. The molecule has 7 nitrogen and oxygen atoms in total. The van der Waals surface area contributed by atoms with Crippen LogP contribution in [-0.2, 0) is 0 Å². The van der Waals surface area contributed by atoms with E-state index in [0.29, 0.717) is 18.2 Å². The van der Waals surface area contributed by atoms with Gasteiger partial charge in [-0.15, -0.1) is 5.10 Å². The molecule has 0 unspecified atom stereocenters. The molecule has 1 N–H and O–H groups in total. The zero-order valence-electron chi connectivity index (χ0n) is 19.4. The van der Waals surface area contributed by atoms with Gasteiger partial charge in [-0.2, -0.15) is 5.10 Å². The van der Waals surface area contributed by atoms with E-state index in [9.17, 15) is 4.79 Å². The van der Waals surface area contributed by atoms with Gasteiger partial charge in [0.25, 0.3) is 0 Å². The number of benzene rings is 4. The summed E-state index contributed by atoms with van der Waals surface area (Å²) in [4.78, 5) is 17.5. The van der Waals surface area contributed by atoms with Crippen LogP contribution in [0.2, 0.25) is 0 Å². The average molecular weight is 540 g/mol. The molecule has 0 bridgehead atoms. The Labute approximate surface area is 216 Å². The minimum absolute atomic E-state index is 0.0130. The van der Waals surface area contributed by atoms with E-state index in [0.717, 1.165) is 32.1 Å². The quantitative estimate of drug-likeness (QED) is 0.203. The molecule has 0 aliphatic rings. The number of rotatable bonds is 7. The highest BCUT2D eigenvalue weighted by Crippen LogP contribution is 2.35. The molecule has 0 aliphatic carbocycles. The second-order valence-electron chi connectivity index (χ2n) is 7.83. The maximum atomic E-state index is 13.0. The van der Waals surface area contributed by atoms with Gasteiger partial charge in [-0.1, -0.05) is 72.8 Å². The predicted molar refractivity (Wildman–Crippen MR) is 145 cm³/mol. The fourth-order valence-corrected chi connectivity index (χ4v) is 4.45. The molecule has 5 aromatic rings. The zero-order valence-corrected chi connectivity index (χ0v) is 21.0. The van der Waals surface area contributed by atoms with Gasteiger partial charge < -0.3 is 4.74 Å². The number of fused-ring (bicyclic) bond motifs is 1. The topological polar surface area (TPSA) is 81.4 Å². The lowest BCUT2D eigenvalue weighted by Gasteiger charge is -2.12. The average Bonchev–Trinajstić information content (AvgIpc) is 3.37. The van der Waals surface area contributed by atoms with Crippen molar-refractivity contribution >= 4 is 38.8 Å². The maximum absolute atomic E-state index is 13.0. The number of nitrogens with zero attached hydrogens (tertiary/aromatic N) is 4. The van der Waals surface area contributed by atoms with Crippen molar-refractivity contribution in [1.29, 1.82) is 0 Å². The Balaban J connectivity index is 1.47. The molecular formula is C28H22BrN5O2.